The molecule has 1 saturated heterocycles. The topological polar surface area (TPSA) is 104 Å². The summed E-state index contributed by atoms with van der Waals surface area (Å²) < 4.78 is 12.3. The van der Waals surface area contributed by atoms with E-state index in [4.69, 9.17) is 9.47 Å². The standard InChI is InChI=1S/C20H23N3O6/c1-13-10-16(14(2)21(13)3)19(24)12-29-20(25)15-4-5-17(18(11-15)23(26)27)22-6-8-28-9-7-22/h4-5,10-11H,6-9,12H2,1-3H3. The summed E-state index contributed by atoms with van der Waals surface area (Å²) in [7, 11) is 1.85. The van der Waals surface area contributed by atoms with E-state index in [0.29, 0.717) is 37.6 Å². The predicted molar refractivity (Wildman–Crippen MR) is 106 cm³/mol. The van der Waals surface area contributed by atoms with Gasteiger partial charge in [0.05, 0.1) is 23.7 Å². The molecule has 0 bridgehead atoms. The van der Waals surface area contributed by atoms with Crippen molar-refractivity contribution in [3.8, 4) is 0 Å². The van der Waals surface area contributed by atoms with E-state index in [-0.39, 0.29) is 17.0 Å². The quantitative estimate of drug-likeness (QED) is 0.317. The monoisotopic (exact) mass is 401 g/mol. The van der Waals surface area contributed by atoms with Crippen LogP contribution in [0, 0.1) is 24.0 Å². The van der Waals surface area contributed by atoms with Crippen LogP contribution in [0.1, 0.15) is 32.1 Å². The fourth-order valence-electron chi connectivity index (χ4n) is 3.30. The van der Waals surface area contributed by atoms with Gasteiger partial charge < -0.3 is 18.9 Å². The number of morpholine rings is 1. The molecule has 1 aliphatic heterocycles. The lowest BCUT2D eigenvalue weighted by Crippen LogP contribution is -2.36. The minimum atomic E-state index is -0.778. The first kappa shape index (κ1) is 20.5. The Morgan fingerprint density at radius 1 is 1.21 bits per heavy atom. The lowest BCUT2D eigenvalue weighted by atomic mass is 10.1. The highest BCUT2D eigenvalue weighted by molar-refractivity contribution is 6.00. The average molecular weight is 401 g/mol. The molecular weight excluding hydrogens is 378 g/mol. The number of hydrogen-bond donors (Lipinski definition) is 0. The normalized spacial score (nSPS) is 14.0. The number of nitro groups is 1. The van der Waals surface area contributed by atoms with Crippen molar-refractivity contribution in [2.45, 2.75) is 13.8 Å². The Bertz CT molecular complexity index is 959. The zero-order valence-electron chi connectivity index (χ0n) is 16.6. The summed E-state index contributed by atoms with van der Waals surface area (Å²) in [5.41, 5.74) is 2.48. The fourth-order valence-corrected chi connectivity index (χ4v) is 3.30. The second kappa shape index (κ2) is 8.44. The second-order valence-corrected chi connectivity index (χ2v) is 6.90. The van der Waals surface area contributed by atoms with Gasteiger partial charge in [0.15, 0.2) is 6.61 Å². The van der Waals surface area contributed by atoms with Crippen molar-refractivity contribution >= 4 is 23.1 Å². The van der Waals surface area contributed by atoms with E-state index in [9.17, 15) is 19.7 Å². The molecule has 0 spiro atoms. The predicted octanol–water partition coefficient (Wildman–Crippen LogP) is 2.43. The highest BCUT2D eigenvalue weighted by atomic mass is 16.6. The van der Waals surface area contributed by atoms with Crippen LogP contribution in [0.25, 0.3) is 0 Å². The van der Waals surface area contributed by atoms with Crippen LogP contribution in [0.5, 0.6) is 0 Å². The number of esters is 1. The second-order valence-electron chi connectivity index (χ2n) is 6.90. The lowest BCUT2D eigenvalue weighted by molar-refractivity contribution is -0.384. The zero-order valence-corrected chi connectivity index (χ0v) is 16.6. The van der Waals surface area contributed by atoms with Gasteiger partial charge in [-0.3, -0.25) is 14.9 Å². The van der Waals surface area contributed by atoms with E-state index in [1.165, 1.54) is 18.2 Å². The SMILES string of the molecule is Cc1cc(C(=O)COC(=O)c2ccc(N3CCOCC3)c([N+](=O)[O-])c2)c(C)n1C. The van der Waals surface area contributed by atoms with Gasteiger partial charge in [0.25, 0.3) is 5.69 Å². The highest BCUT2D eigenvalue weighted by Gasteiger charge is 2.24. The van der Waals surface area contributed by atoms with Crippen LogP contribution in [0.4, 0.5) is 11.4 Å². The number of carbonyl (C=O) groups excluding carboxylic acids is 2. The smallest absolute Gasteiger partial charge is 0.338 e. The molecule has 29 heavy (non-hydrogen) atoms. The van der Waals surface area contributed by atoms with Gasteiger partial charge in [-0.05, 0) is 32.0 Å². The van der Waals surface area contributed by atoms with Crippen molar-refractivity contribution in [1.29, 1.82) is 0 Å². The van der Waals surface area contributed by atoms with Gasteiger partial charge in [0, 0.05) is 43.2 Å². The number of rotatable bonds is 6. The Morgan fingerprint density at radius 3 is 2.48 bits per heavy atom. The molecule has 0 radical (unpaired) electrons. The number of anilines is 1. The van der Waals surface area contributed by atoms with E-state index in [1.807, 2.05) is 30.4 Å². The molecule has 1 aromatic carbocycles. The summed E-state index contributed by atoms with van der Waals surface area (Å²) in [6.07, 6.45) is 0. The molecule has 0 aliphatic carbocycles. The molecule has 1 fully saturated rings. The molecule has 3 rings (SSSR count). The maximum Gasteiger partial charge on any atom is 0.338 e. The molecule has 0 amide bonds. The molecule has 0 N–H and O–H groups in total. The summed E-state index contributed by atoms with van der Waals surface area (Å²) in [4.78, 5) is 37.6. The molecule has 154 valence electrons. The largest absolute Gasteiger partial charge is 0.454 e. The first-order chi connectivity index (χ1) is 13.8. The zero-order chi connectivity index (χ0) is 21.1. The third-order valence-corrected chi connectivity index (χ3v) is 5.17. The number of carbonyl (C=O) groups is 2. The molecule has 1 aromatic heterocycles. The van der Waals surface area contributed by atoms with Crippen LogP contribution in [-0.2, 0) is 16.5 Å². The third-order valence-electron chi connectivity index (χ3n) is 5.17. The van der Waals surface area contributed by atoms with Crippen molar-refractivity contribution in [3.05, 3.63) is 56.9 Å². The summed E-state index contributed by atoms with van der Waals surface area (Å²) >= 11 is 0. The minimum Gasteiger partial charge on any atom is -0.454 e. The Hall–Kier alpha value is -3.20. The molecule has 9 heteroatoms. The van der Waals surface area contributed by atoms with Crippen LogP contribution in [0.2, 0.25) is 0 Å². The number of ether oxygens (including phenoxy) is 2. The minimum absolute atomic E-state index is 0.0301. The van der Waals surface area contributed by atoms with Crippen molar-refractivity contribution < 1.29 is 24.0 Å². The number of ketones is 1. The maximum atomic E-state index is 12.4. The number of Topliss-reactive ketones (excluding diaryl/α,β-unsaturated/α-hetero) is 1. The van der Waals surface area contributed by atoms with Crippen LogP contribution in [0.3, 0.4) is 0 Å². The van der Waals surface area contributed by atoms with Crippen molar-refractivity contribution in [1.82, 2.24) is 4.57 Å². The van der Waals surface area contributed by atoms with Gasteiger partial charge >= 0.3 is 5.97 Å². The molecule has 1 aliphatic rings. The van der Waals surface area contributed by atoms with Crippen molar-refractivity contribution in [2.75, 3.05) is 37.8 Å². The number of aromatic nitrogens is 1. The Kier molecular flexibility index (Phi) is 5.97. The third kappa shape index (κ3) is 4.29. The summed E-state index contributed by atoms with van der Waals surface area (Å²) in [5.74, 6) is -1.10. The average Bonchev–Trinajstić information content (AvgIpc) is 2.99. The highest BCUT2D eigenvalue weighted by Crippen LogP contribution is 2.30. The van der Waals surface area contributed by atoms with Crippen LogP contribution in [-0.4, -0.2) is 54.2 Å². The van der Waals surface area contributed by atoms with Gasteiger partial charge in [0.2, 0.25) is 5.78 Å². The van der Waals surface area contributed by atoms with Gasteiger partial charge in [-0.15, -0.1) is 0 Å². The van der Waals surface area contributed by atoms with Gasteiger partial charge in [-0.2, -0.15) is 0 Å². The molecule has 2 aromatic rings. The van der Waals surface area contributed by atoms with Crippen molar-refractivity contribution in [3.63, 3.8) is 0 Å². The number of aryl methyl sites for hydroxylation is 1. The molecule has 0 unspecified atom stereocenters. The number of nitro benzene ring substituents is 1. The molecule has 0 atom stereocenters. The van der Waals surface area contributed by atoms with E-state index in [1.54, 1.807) is 6.07 Å². The van der Waals surface area contributed by atoms with E-state index < -0.39 is 17.5 Å². The van der Waals surface area contributed by atoms with Gasteiger partial charge in [0.1, 0.15) is 5.69 Å². The first-order valence-corrected chi connectivity index (χ1v) is 9.24. The maximum absolute atomic E-state index is 12.4. The van der Waals surface area contributed by atoms with Crippen molar-refractivity contribution in [2.24, 2.45) is 7.05 Å². The van der Waals surface area contributed by atoms with Gasteiger partial charge in [-0.1, -0.05) is 0 Å². The number of benzene rings is 1. The number of hydrogen-bond acceptors (Lipinski definition) is 7. The van der Waals surface area contributed by atoms with Crippen LogP contribution < -0.4 is 4.90 Å². The molecule has 9 nitrogen and oxygen atoms in total. The molecule has 0 saturated carbocycles. The Morgan fingerprint density at radius 2 is 1.90 bits per heavy atom. The van der Waals surface area contributed by atoms with Gasteiger partial charge in [-0.25, -0.2) is 4.79 Å². The summed E-state index contributed by atoms with van der Waals surface area (Å²) in [5, 5.41) is 11.5. The summed E-state index contributed by atoms with van der Waals surface area (Å²) in [6, 6.07) is 5.94. The van der Waals surface area contributed by atoms with Crippen LogP contribution >= 0.6 is 0 Å². The molecule has 2 heterocycles. The van der Waals surface area contributed by atoms with E-state index in [0.717, 1.165) is 11.4 Å². The fraction of sp³-hybridized carbons (Fsp3) is 0.400. The van der Waals surface area contributed by atoms with E-state index in [2.05, 4.69) is 0 Å². The number of nitrogens with zero attached hydrogens (tertiary/aromatic N) is 3. The Labute approximate surface area is 168 Å². The molecular formula is C20H23N3O6. The lowest BCUT2D eigenvalue weighted by Gasteiger charge is -2.28. The first-order valence-electron chi connectivity index (χ1n) is 9.24. The van der Waals surface area contributed by atoms with E-state index >= 15 is 0 Å². The Balaban J connectivity index is 1.73. The summed E-state index contributed by atoms with van der Waals surface area (Å²) in [6.45, 7) is 5.32. The van der Waals surface area contributed by atoms with Crippen LogP contribution in [0.15, 0.2) is 24.3 Å².